The summed E-state index contributed by atoms with van der Waals surface area (Å²) in [7, 11) is 0. The third-order valence-electron chi connectivity index (χ3n) is 3.26. The summed E-state index contributed by atoms with van der Waals surface area (Å²) >= 11 is 0. The van der Waals surface area contributed by atoms with Crippen molar-refractivity contribution in [2.24, 2.45) is 0 Å². The average Bonchev–Trinajstić information content (AvgIpc) is 2.75. The predicted octanol–water partition coefficient (Wildman–Crippen LogP) is 3.83. The van der Waals surface area contributed by atoms with Gasteiger partial charge >= 0.3 is 0 Å². The van der Waals surface area contributed by atoms with Gasteiger partial charge in [-0.15, -0.1) is 0 Å². The van der Waals surface area contributed by atoms with Crippen molar-refractivity contribution in [2.75, 3.05) is 11.5 Å². The minimum atomic E-state index is 0.669. The molecule has 96 valence electrons. The van der Waals surface area contributed by atoms with Crippen LogP contribution in [0.3, 0.4) is 0 Å². The van der Waals surface area contributed by atoms with Crippen LogP contribution in [0.1, 0.15) is 12.7 Å². The molecule has 0 unspecified atom stereocenters. The highest BCUT2D eigenvalue weighted by Crippen LogP contribution is 2.36. The van der Waals surface area contributed by atoms with E-state index in [0.717, 1.165) is 34.3 Å². The molecule has 0 fully saturated rings. The summed E-state index contributed by atoms with van der Waals surface area (Å²) in [6.45, 7) is 2.08. The van der Waals surface area contributed by atoms with Gasteiger partial charge in [0.15, 0.2) is 0 Å². The fraction of sp³-hybridized carbons (Fsp3) is 0.125. The molecule has 3 aromatic rings. The van der Waals surface area contributed by atoms with Crippen LogP contribution in [0.2, 0.25) is 0 Å². The molecule has 3 rings (SSSR count). The zero-order chi connectivity index (χ0) is 13.4. The summed E-state index contributed by atoms with van der Waals surface area (Å²) in [6, 6.07) is 13.7. The molecular weight excluding hydrogens is 236 g/mol. The maximum absolute atomic E-state index is 5.90. The van der Waals surface area contributed by atoms with Gasteiger partial charge in [0.25, 0.3) is 0 Å². The van der Waals surface area contributed by atoms with Crippen LogP contribution in [0.25, 0.3) is 22.1 Å². The highest BCUT2D eigenvalue weighted by atomic mass is 16.3. The van der Waals surface area contributed by atoms with Crippen molar-refractivity contribution in [3.05, 3.63) is 48.2 Å². The molecule has 0 bridgehead atoms. The van der Waals surface area contributed by atoms with Gasteiger partial charge in [0.2, 0.25) is 0 Å². The minimum absolute atomic E-state index is 0.669. The Kier molecular flexibility index (Phi) is 2.67. The molecule has 0 aliphatic rings. The van der Waals surface area contributed by atoms with Crippen LogP contribution in [0.4, 0.5) is 11.4 Å². The molecule has 2 aromatic carbocycles. The second-order valence-corrected chi connectivity index (χ2v) is 4.64. The first kappa shape index (κ1) is 11.7. The minimum Gasteiger partial charge on any atom is -0.460 e. The molecular formula is C16H16N2O. The van der Waals surface area contributed by atoms with Gasteiger partial charge in [-0.3, -0.25) is 0 Å². The zero-order valence-corrected chi connectivity index (χ0v) is 10.8. The number of benzene rings is 2. The maximum Gasteiger partial charge on any atom is 0.134 e. The summed E-state index contributed by atoms with van der Waals surface area (Å²) in [6.07, 6.45) is 0.832. The van der Waals surface area contributed by atoms with E-state index in [0.29, 0.717) is 11.4 Å². The third-order valence-corrected chi connectivity index (χ3v) is 3.26. The number of para-hydroxylation sites is 1. The molecule has 0 aliphatic carbocycles. The van der Waals surface area contributed by atoms with Crippen molar-refractivity contribution < 1.29 is 4.42 Å². The Hall–Kier alpha value is -2.42. The number of nitrogen functional groups attached to an aromatic ring is 2. The molecule has 1 heterocycles. The van der Waals surface area contributed by atoms with E-state index in [1.54, 1.807) is 6.07 Å². The Morgan fingerprint density at radius 2 is 1.68 bits per heavy atom. The van der Waals surface area contributed by atoms with Crippen LogP contribution < -0.4 is 11.5 Å². The quantitative estimate of drug-likeness (QED) is 0.681. The number of hydrogen-bond donors (Lipinski definition) is 2. The Bertz CT molecular complexity index is 723. The molecule has 3 heteroatoms. The van der Waals surface area contributed by atoms with Crippen molar-refractivity contribution >= 4 is 22.3 Å². The van der Waals surface area contributed by atoms with Crippen LogP contribution in [0, 0.1) is 0 Å². The van der Waals surface area contributed by atoms with E-state index >= 15 is 0 Å². The first-order chi connectivity index (χ1) is 9.19. The third kappa shape index (κ3) is 1.93. The van der Waals surface area contributed by atoms with Crippen LogP contribution >= 0.6 is 0 Å². The molecule has 3 nitrogen and oxygen atoms in total. The second kappa shape index (κ2) is 4.35. The highest BCUT2D eigenvalue weighted by Gasteiger charge is 2.14. The molecule has 19 heavy (non-hydrogen) atoms. The van der Waals surface area contributed by atoms with Gasteiger partial charge < -0.3 is 15.9 Å². The van der Waals surface area contributed by atoms with E-state index in [2.05, 4.69) is 13.0 Å². The fourth-order valence-electron chi connectivity index (χ4n) is 2.48. The molecule has 0 saturated heterocycles. The molecule has 0 aliphatic heterocycles. The van der Waals surface area contributed by atoms with Gasteiger partial charge in [-0.2, -0.15) is 0 Å². The standard InChI is InChI=1S/C16H16N2O/c1-2-14-16(10-7-11(17)9-12(18)8-10)13-5-3-4-6-15(13)19-14/h3-9H,2,17-18H2,1H3. The first-order valence-electron chi connectivity index (χ1n) is 6.36. The number of aryl methyl sites for hydroxylation is 1. The van der Waals surface area contributed by atoms with Crippen molar-refractivity contribution in [3.8, 4) is 11.1 Å². The van der Waals surface area contributed by atoms with E-state index in [9.17, 15) is 0 Å². The first-order valence-corrected chi connectivity index (χ1v) is 6.36. The number of anilines is 2. The molecule has 4 N–H and O–H groups in total. The normalized spacial score (nSPS) is 11.0. The van der Waals surface area contributed by atoms with E-state index in [-0.39, 0.29) is 0 Å². The molecule has 0 radical (unpaired) electrons. The molecule has 0 saturated carbocycles. The van der Waals surface area contributed by atoms with Crippen LogP contribution in [-0.2, 0) is 6.42 Å². The Morgan fingerprint density at radius 1 is 1.00 bits per heavy atom. The van der Waals surface area contributed by atoms with Crippen LogP contribution in [0.15, 0.2) is 46.9 Å². The Morgan fingerprint density at radius 3 is 2.37 bits per heavy atom. The van der Waals surface area contributed by atoms with Crippen LogP contribution in [0.5, 0.6) is 0 Å². The maximum atomic E-state index is 5.90. The highest BCUT2D eigenvalue weighted by molar-refractivity contribution is 5.96. The Labute approximate surface area is 111 Å². The van der Waals surface area contributed by atoms with Crippen molar-refractivity contribution in [2.45, 2.75) is 13.3 Å². The lowest BCUT2D eigenvalue weighted by atomic mass is 10.00. The van der Waals surface area contributed by atoms with Gasteiger partial charge in [-0.05, 0) is 29.8 Å². The number of hydrogen-bond acceptors (Lipinski definition) is 3. The lowest BCUT2D eigenvalue weighted by Crippen LogP contribution is -1.92. The zero-order valence-electron chi connectivity index (χ0n) is 10.8. The van der Waals surface area contributed by atoms with Gasteiger partial charge in [0.1, 0.15) is 11.3 Å². The second-order valence-electron chi connectivity index (χ2n) is 4.64. The molecule has 1 aromatic heterocycles. The summed E-state index contributed by atoms with van der Waals surface area (Å²) < 4.78 is 5.90. The van der Waals surface area contributed by atoms with Crippen molar-refractivity contribution in [1.82, 2.24) is 0 Å². The molecule has 0 atom stereocenters. The van der Waals surface area contributed by atoms with E-state index < -0.39 is 0 Å². The van der Waals surface area contributed by atoms with Crippen LogP contribution in [-0.4, -0.2) is 0 Å². The average molecular weight is 252 g/mol. The molecule has 0 spiro atoms. The monoisotopic (exact) mass is 252 g/mol. The van der Waals surface area contributed by atoms with Gasteiger partial charge in [0.05, 0.1) is 0 Å². The fourth-order valence-corrected chi connectivity index (χ4v) is 2.48. The lowest BCUT2D eigenvalue weighted by molar-refractivity contribution is 0.558. The van der Waals surface area contributed by atoms with Crippen molar-refractivity contribution in [3.63, 3.8) is 0 Å². The van der Waals surface area contributed by atoms with E-state index in [1.807, 2.05) is 30.3 Å². The van der Waals surface area contributed by atoms with Gasteiger partial charge in [-0.1, -0.05) is 25.1 Å². The number of fused-ring (bicyclic) bond motifs is 1. The number of furan rings is 1. The SMILES string of the molecule is CCc1oc2ccccc2c1-c1cc(N)cc(N)c1. The van der Waals surface area contributed by atoms with E-state index in [1.165, 1.54) is 0 Å². The summed E-state index contributed by atoms with van der Waals surface area (Å²) in [5.74, 6) is 0.964. The van der Waals surface area contributed by atoms with Gasteiger partial charge in [0, 0.05) is 28.7 Å². The number of nitrogens with two attached hydrogens (primary N) is 2. The van der Waals surface area contributed by atoms with Crippen molar-refractivity contribution in [1.29, 1.82) is 0 Å². The Balaban J connectivity index is 2.34. The lowest BCUT2D eigenvalue weighted by Gasteiger charge is -2.05. The predicted molar refractivity (Wildman–Crippen MR) is 79.9 cm³/mol. The smallest absolute Gasteiger partial charge is 0.134 e. The number of rotatable bonds is 2. The largest absolute Gasteiger partial charge is 0.460 e. The summed E-state index contributed by atoms with van der Waals surface area (Å²) in [4.78, 5) is 0. The summed E-state index contributed by atoms with van der Waals surface area (Å²) in [5.41, 5.74) is 16.1. The van der Waals surface area contributed by atoms with Gasteiger partial charge in [-0.25, -0.2) is 0 Å². The molecule has 0 amide bonds. The van der Waals surface area contributed by atoms with E-state index in [4.69, 9.17) is 15.9 Å². The topological polar surface area (TPSA) is 65.2 Å². The summed E-state index contributed by atoms with van der Waals surface area (Å²) in [5, 5.41) is 1.10.